The maximum absolute atomic E-state index is 12.4. The standard InChI is InChI=1S/C16H18N2O/c1-2-18-8-7-17-16(18)11-15(19)14-9-12-5-3-4-6-13(12)10-14/h3-8,14H,2,9-11H2,1H3. The van der Waals surface area contributed by atoms with Gasteiger partial charge in [-0.15, -0.1) is 0 Å². The zero-order chi connectivity index (χ0) is 13.2. The molecule has 0 bridgehead atoms. The highest BCUT2D eigenvalue weighted by Crippen LogP contribution is 2.27. The van der Waals surface area contributed by atoms with Crippen LogP contribution in [0.4, 0.5) is 0 Å². The van der Waals surface area contributed by atoms with Crippen LogP contribution in [0, 0.1) is 5.92 Å². The second-order valence-corrected chi connectivity index (χ2v) is 5.15. The number of hydrogen-bond donors (Lipinski definition) is 0. The van der Waals surface area contributed by atoms with E-state index >= 15 is 0 Å². The van der Waals surface area contributed by atoms with Gasteiger partial charge >= 0.3 is 0 Å². The highest BCUT2D eigenvalue weighted by molar-refractivity contribution is 5.84. The molecule has 0 unspecified atom stereocenters. The van der Waals surface area contributed by atoms with Crippen LogP contribution in [-0.4, -0.2) is 15.3 Å². The number of benzene rings is 1. The van der Waals surface area contributed by atoms with Gasteiger partial charge in [-0.1, -0.05) is 24.3 Å². The summed E-state index contributed by atoms with van der Waals surface area (Å²) >= 11 is 0. The molecule has 0 radical (unpaired) electrons. The van der Waals surface area contributed by atoms with E-state index in [4.69, 9.17) is 0 Å². The molecule has 2 aromatic rings. The van der Waals surface area contributed by atoms with Gasteiger partial charge in [-0.05, 0) is 30.9 Å². The first kappa shape index (κ1) is 12.2. The largest absolute Gasteiger partial charge is 0.335 e. The summed E-state index contributed by atoms with van der Waals surface area (Å²) in [5, 5.41) is 0. The Morgan fingerprint density at radius 3 is 2.63 bits per heavy atom. The second-order valence-electron chi connectivity index (χ2n) is 5.15. The van der Waals surface area contributed by atoms with Crippen LogP contribution in [0.3, 0.4) is 0 Å². The lowest BCUT2D eigenvalue weighted by atomic mass is 9.98. The minimum Gasteiger partial charge on any atom is -0.335 e. The molecule has 0 amide bonds. The van der Waals surface area contributed by atoms with Gasteiger partial charge in [0.05, 0.1) is 6.42 Å². The number of imidazole rings is 1. The highest BCUT2D eigenvalue weighted by atomic mass is 16.1. The molecule has 1 aromatic heterocycles. The van der Waals surface area contributed by atoms with Crippen molar-refractivity contribution in [3.05, 3.63) is 53.6 Å². The Morgan fingerprint density at radius 2 is 2.00 bits per heavy atom. The van der Waals surface area contributed by atoms with E-state index in [1.54, 1.807) is 6.20 Å². The zero-order valence-electron chi connectivity index (χ0n) is 11.2. The van der Waals surface area contributed by atoms with E-state index in [1.807, 2.05) is 10.8 Å². The average Bonchev–Trinajstić information content (AvgIpc) is 3.03. The van der Waals surface area contributed by atoms with Crippen molar-refractivity contribution in [2.45, 2.75) is 32.7 Å². The number of fused-ring (bicyclic) bond motifs is 1. The Labute approximate surface area is 113 Å². The van der Waals surface area contributed by atoms with Crippen molar-refractivity contribution in [3.8, 4) is 0 Å². The van der Waals surface area contributed by atoms with Gasteiger partial charge in [0.2, 0.25) is 0 Å². The van der Waals surface area contributed by atoms with Gasteiger partial charge in [0.25, 0.3) is 0 Å². The highest BCUT2D eigenvalue weighted by Gasteiger charge is 2.27. The first-order valence-electron chi connectivity index (χ1n) is 6.87. The van der Waals surface area contributed by atoms with Gasteiger partial charge in [-0.2, -0.15) is 0 Å². The predicted octanol–water partition coefficient (Wildman–Crippen LogP) is 2.43. The number of aromatic nitrogens is 2. The molecular weight excluding hydrogens is 236 g/mol. The van der Waals surface area contributed by atoms with Crippen LogP contribution in [-0.2, 0) is 30.6 Å². The van der Waals surface area contributed by atoms with Gasteiger partial charge in [0.15, 0.2) is 0 Å². The Morgan fingerprint density at radius 1 is 1.32 bits per heavy atom. The van der Waals surface area contributed by atoms with Crippen LogP contribution in [0.15, 0.2) is 36.7 Å². The van der Waals surface area contributed by atoms with Crippen LogP contribution in [0.2, 0.25) is 0 Å². The third-order valence-electron chi connectivity index (χ3n) is 3.98. The van der Waals surface area contributed by atoms with Crippen LogP contribution in [0.25, 0.3) is 0 Å². The van der Waals surface area contributed by atoms with Crippen LogP contribution >= 0.6 is 0 Å². The molecular formula is C16H18N2O. The summed E-state index contributed by atoms with van der Waals surface area (Å²) < 4.78 is 2.04. The van der Waals surface area contributed by atoms with Gasteiger partial charge < -0.3 is 4.57 Å². The molecule has 1 heterocycles. The Bertz CT molecular complexity index is 575. The Hall–Kier alpha value is -1.90. The number of hydrogen-bond acceptors (Lipinski definition) is 2. The van der Waals surface area contributed by atoms with Gasteiger partial charge in [0, 0.05) is 24.9 Å². The quantitative estimate of drug-likeness (QED) is 0.840. The van der Waals surface area contributed by atoms with Crippen LogP contribution in [0.5, 0.6) is 0 Å². The summed E-state index contributed by atoms with van der Waals surface area (Å²) in [6.07, 6.45) is 5.95. The number of carbonyl (C=O) groups excluding carboxylic acids is 1. The van der Waals surface area contributed by atoms with Crippen molar-refractivity contribution < 1.29 is 4.79 Å². The Kier molecular flexibility index (Phi) is 3.20. The van der Waals surface area contributed by atoms with Gasteiger partial charge in [0.1, 0.15) is 11.6 Å². The van der Waals surface area contributed by atoms with Crippen molar-refractivity contribution in [1.29, 1.82) is 0 Å². The van der Waals surface area contributed by atoms with E-state index in [1.165, 1.54) is 11.1 Å². The van der Waals surface area contributed by atoms with E-state index in [2.05, 4.69) is 36.2 Å². The van der Waals surface area contributed by atoms with Gasteiger partial charge in [-0.3, -0.25) is 4.79 Å². The molecule has 98 valence electrons. The van der Waals surface area contributed by atoms with Crippen molar-refractivity contribution >= 4 is 5.78 Å². The van der Waals surface area contributed by atoms with Crippen molar-refractivity contribution in [3.63, 3.8) is 0 Å². The first-order chi connectivity index (χ1) is 9.28. The maximum Gasteiger partial charge on any atom is 0.144 e. The first-order valence-corrected chi connectivity index (χ1v) is 6.87. The monoisotopic (exact) mass is 254 g/mol. The number of nitrogens with zero attached hydrogens (tertiary/aromatic N) is 2. The number of carbonyl (C=O) groups is 1. The van der Waals surface area contributed by atoms with E-state index in [0.717, 1.165) is 25.2 Å². The fourth-order valence-electron chi connectivity index (χ4n) is 2.88. The molecule has 0 spiro atoms. The molecule has 0 atom stereocenters. The molecule has 3 nitrogen and oxygen atoms in total. The molecule has 1 aliphatic carbocycles. The number of rotatable bonds is 4. The lowest BCUT2D eigenvalue weighted by molar-refractivity contribution is -0.122. The van der Waals surface area contributed by atoms with E-state index in [0.29, 0.717) is 12.2 Å². The number of aryl methyl sites for hydroxylation is 1. The smallest absolute Gasteiger partial charge is 0.144 e. The summed E-state index contributed by atoms with van der Waals surface area (Å²) in [5.74, 6) is 1.35. The average molecular weight is 254 g/mol. The number of ketones is 1. The van der Waals surface area contributed by atoms with Crippen molar-refractivity contribution in [2.24, 2.45) is 5.92 Å². The molecule has 1 aromatic carbocycles. The minimum atomic E-state index is 0.138. The van der Waals surface area contributed by atoms with Crippen molar-refractivity contribution in [2.75, 3.05) is 0 Å². The third-order valence-corrected chi connectivity index (χ3v) is 3.98. The van der Waals surface area contributed by atoms with Gasteiger partial charge in [-0.25, -0.2) is 4.98 Å². The lowest BCUT2D eigenvalue weighted by Gasteiger charge is -2.08. The summed E-state index contributed by atoms with van der Waals surface area (Å²) in [6.45, 7) is 2.94. The molecule has 0 saturated heterocycles. The molecule has 0 saturated carbocycles. The van der Waals surface area contributed by atoms with E-state index in [9.17, 15) is 4.79 Å². The third kappa shape index (κ3) is 2.33. The normalized spacial score (nSPS) is 14.6. The molecule has 0 aliphatic heterocycles. The lowest BCUT2D eigenvalue weighted by Crippen LogP contribution is -2.19. The van der Waals surface area contributed by atoms with Crippen LogP contribution in [0.1, 0.15) is 23.9 Å². The summed E-state index contributed by atoms with van der Waals surface area (Å²) in [6, 6.07) is 8.37. The molecule has 19 heavy (non-hydrogen) atoms. The molecule has 3 heteroatoms. The maximum atomic E-state index is 12.4. The fraction of sp³-hybridized carbons (Fsp3) is 0.375. The van der Waals surface area contributed by atoms with Crippen molar-refractivity contribution in [1.82, 2.24) is 9.55 Å². The summed E-state index contributed by atoms with van der Waals surface area (Å²) in [5.41, 5.74) is 2.67. The molecule has 1 aliphatic rings. The molecule has 0 fully saturated rings. The number of Topliss-reactive ketones (excluding diaryl/α,β-unsaturated/α-hetero) is 1. The second kappa shape index (κ2) is 5.00. The fourth-order valence-corrected chi connectivity index (χ4v) is 2.88. The summed E-state index contributed by atoms with van der Waals surface area (Å²) in [7, 11) is 0. The molecule has 3 rings (SSSR count). The SMILES string of the molecule is CCn1ccnc1CC(=O)C1Cc2ccccc2C1. The predicted molar refractivity (Wildman–Crippen MR) is 74.0 cm³/mol. The Balaban J connectivity index is 1.70. The van der Waals surface area contributed by atoms with Crippen LogP contribution < -0.4 is 0 Å². The minimum absolute atomic E-state index is 0.138. The summed E-state index contributed by atoms with van der Waals surface area (Å²) in [4.78, 5) is 16.7. The topological polar surface area (TPSA) is 34.9 Å². The zero-order valence-corrected chi connectivity index (χ0v) is 11.2. The van der Waals surface area contributed by atoms with E-state index < -0.39 is 0 Å². The molecule has 0 N–H and O–H groups in total. The van der Waals surface area contributed by atoms with E-state index in [-0.39, 0.29) is 5.92 Å².